The Morgan fingerprint density at radius 3 is 2.63 bits per heavy atom. The number of amides is 1. The number of hydrogen-bond acceptors (Lipinski definition) is 3. The predicted molar refractivity (Wildman–Crippen MR) is 105 cm³/mol. The number of hydrogen-bond donors (Lipinski definition) is 2. The van der Waals surface area contributed by atoms with E-state index in [1.54, 1.807) is 36.5 Å². The molecule has 6 heteroatoms. The zero-order chi connectivity index (χ0) is 19.1. The molecule has 0 unspecified atom stereocenters. The first-order chi connectivity index (χ1) is 13.1. The Morgan fingerprint density at radius 1 is 1.07 bits per heavy atom. The fourth-order valence-corrected chi connectivity index (χ4v) is 2.78. The highest BCUT2D eigenvalue weighted by Gasteiger charge is 2.09. The maximum atomic E-state index is 12.9. The van der Waals surface area contributed by atoms with Gasteiger partial charge in [-0.3, -0.25) is 9.78 Å². The highest BCUT2D eigenvalue weighted by molar-refractivity contribution is 6.31. The Labute approximate surface area is 162 Å². The van der Waals surface area contributed by atoms with E-state index in [4.69, 9.17) is 11.6 Å². The minimum Gasteiger partial charge on any atom is -0.385 e. The van der Waals surface area contributed by atoms with Gasteiger partial charge in [0.05, 0.1) is 0 Å². The molecule has 0 fully saturated rings. The molecule has 27 heavy (non-hydrogen) atoms. The number of halogens is 2. The van der Waals surface area contributed by atoms with Crippen LogP contribution in [-0.2, 0) is 13.0 Å². The van der Waals surface area contributed by atoms with Crippen molar-refractivity contribution in [1.29, 1.82) is 0 Å². The number of carbonyl (C=O) groups is 1. The van der Waals surface area contributed by atoms with Gasteiger partial charge < -0.3 is 10.6 Å². The minimum atomic E-state index is -0.267. The van der Waals surface area contributed by atoms with E-state index in [0.717, 1.165) is 23.2 Å². The second-order valence-electron chi connectivity index (χ2n) is 6.01. The number of nitrogens with zero attached hydrogens (tertiary/aromatic N) is 1. The minimum absolute atomic E-state index is 0.242. The first-order valence-electron chi connectivity index (χ1n) is 8.58. The van der Waals surface area contributed by atoms with Crippen molar-refractivity contribution >= 4 is 23.2 Å². The Hall–Kier alpha value is -2.92. The SMILES string of the molecule is O=C(NCc1ccccc1Cl)c1cc(NCCc2ccc(F)cc2)ccn1. The number of aromatic nitrogens is 1. The molecule has 0 aliphatic heterocycles. The fraction of sp³-hybridized carbons (Fsp3) is 0.143. The van der Waals surface area contributed by atoms with Crippen LogP contribution >= 0.6 is 11.6 Å². The van der Waals surface area contributed by atoms with E-state index in [1.165, 1.54) is 12.1 Å². The van der Waals surface area contributed by atoms with Crippen molar-refractivity contribution in [3.63, 3.8) is 0 Å². The van der Waals surface area contributed by atoms with Gasteiger partial charge in [0.25, 0.3) is 5.91 Å². The molecule has 0 aliphatic rings. The molecule has 2 aromatic carbocycles. The lowest BCUT2D eigenvalue weighted by Crippen LogP contribution is -2.24. The molecule has 0 aliphatic carbocycles. The zero-order valence-electron chi connectivity index (χ0n) is 14.6. The van der Waals surface area contributed by atoms with Crippen molar-refractivity contribution in [2.75, 3.05) is 11.9 Å². The molecule has 4 nitrogen and oxygen atoms in total. The van der Waals surface area contributed by atoms with Gasteiger partial charge in [-0.15, -0.1) is 0 Å². The zero-order valence-corrected chi connectivity index (χ0v) is 15.3. The van der Waals surface area contributed by atoms with Crippen LogP contribution in [0, 0.1) is 5.82 Å². The summed E-state index contributed by atoms with van der Waals surface area (Å²) in [5, 5.41) is 6.69. The van der Waals surface area contributed by atoms with Crippen LogP contribution in [0.3, 0.4) is 0 Å². The van der Waals surface area contributed by atoms with Crippen molar-refractivity contribution in [2.24, 2.45) is 0 Å². The summed E-state index contributed by atoms with van der Waals surface area (Å²) in [4.78, 5) is 16.5. The van der Waals surface area contributed by atoms with Gasteiger partial charge in [-0.2, -0.15) is 0 Å². The average molecular weight is 384 g/mol. The highest BCUT2D eigenvalue weighted by Crippen LogP contribution is 2.15. The van der Waals surface area contributed by atoms with Crippen LogP contribution in [0.1, 0.15) is 21.6 Å². The van der Waals surface area contributed by atoms with Crippen molar-refractivity contribution in [3.05, 3.63) is 94.5 Å². The number of anilines is 1. The molecule has 3 aromatic rings. The Balaban J connectivity index is 1.53. The van der Waals surface area contributed by atoms with Crippen LogP contribution in [0.4, 0.5) is 10.1 Å². The molecule has 0 atom stereocenters. The normalized spacial score (nSPS) is 10.4. The van der Waals surface area contributed by atoms with Crippen molar-refractivity contribution < 1.29 is 9.18 Å². The van der Waals surface area contributed by atoms with E-state index >= 15 is 0 Å². The van der Waals surface area contributed by atoms with E-state index in [0.29, 0.717) is 23.8 Å². The predicted octanol–water partition coefficient (Wildman–Crippen LogP) is 4.46. The van der Waals surface area contributed by atoms with Gasteiger partial charge in [0, 0.05) is 30.0 Å². The van der Waals surface area contributed by atoms with Crippen LogP contribution in [0.25, 0.3) is 0 Å². The molecule has 1 aromatic heterocycles. The number of benzene rings is 2. The Morgan fingerprint density at radius 2 is 1.85 bits per heavy atom. The first-order valence-corrected chi connectivity index (χ1v) is 8.95. The standard InChI is InChI=1S/C21H19ClFN3O/c22-19-4-2-1-3-16(19)14-26-21(27)20-13-18(10-12-25-20)24-11-9-15-5-7-17(23)8-6-15/h1-8,10,12-13H,9,11,14H2,(H,24,25)(H,26,27). The molecule has 1 heterocycles. The third-order valence-corrected chi connectivity index (χ3v) is 4.41. The van der Waals surface area contributed by atoms with Crippen LogP contribution in [0.15, 0.2) is 66.9 Å². The van der Waals surface area contributed by atoms with Crippen LogP contribution in [0.2, 0.25) is 5.02 Å². The van der Waals surface area contributed by atoms with Crippen LogP contribution in [0.5, 0.6) is 0 Å². The quantitative estimate of drug-likeness (QED) is 0.633. The molecule has 0 saturated carbocycles. The average Bonchev–Trinajstić information content (AvgIpc) is 2.69. The molecule has 1 amide bonds. The smallest absolute Gasteiger partial charge is 0.270 e. The third-order valence-electron chi connectivity index (χ3n) is 4.05. The van der Waals surface area contributed by atoms with Crippen LogP contribution in [-0.4, -0.2) is 17.4 Å². The van der Waals surface area contributed by atoms with E-state index in [1.807, 2.05) is 18.2 Å². The second-order valence-corrected chi connectivity index (χ2v) is 6.41. The van der Waals surface area contributed by atoms with E-state index in [2.05, 4.69) is 15.6 Å². The van der Waals surface area contributed by atoms with E-state index in [9.17, 15) is 9.18 Å². The number of pyridine rings is 1. The summed E-state index contributed by atoms with van der Waals surface area (Å²) in [5.74, 6) is -0.509. The lowest BCUT2D eigenvalue weighted by Gasteiger charge is -2.09. The summed E-state index contributed by atoms with van der Waals surface area (Å²) in [5.41, 5.74) is 3.01. The molecule has 138 valence electrons. The monoisotopic (exact) mass is 383 g/mol. The molecule has 0 saturated heterocycles. The topological polar surface area (TPSA) is 54.0 Å². The van der Waals surface area contributed by atoms with E-state index in [-0.39, 0.29) is 11.7 Å². The summed E-state index contributed by atoms with van der Waals surface area (Å²) in [6, 6.07) is 17.3. The van der Waals surface area contributed by atoms with Crippen molar-refractivity contribution in [2.45, 2.75) is 13.0 Å². The van der Waals surface area contributed by atoms with Gasteiger partial charge >= 0.3 is 0 Å². The highest BCUT2D eigenvalue weighted by atomic mass is 35.5. The summed E-state index contributed by atoms with van der Waals surface area (Å²) in [7, 11) is 0. The molecule has 2 N–H and O–H groups in total. The summed E-state index contributed by atoms with van der Waals surface area (Å²) in [6.07, 6.45) is 2.33. The molecule has 0 bridgehead atoms. The summed E-state index contributed by atoms with van der Waals surface area (Å²) in [6.45, 7) is 0.999. The number of nitrogens with one attached hydrogen (secondary N) is 2. The molecule has 3 rings (SSSR count). The van der Waals surface area contributed by atoms with Crippen LogP contribution < -0.4 is 10.6 Å². The fourth-order valence-electron chi connectivity index (χ4n) is 2.57. The van der Waals surface area contributed by atoms with Crippen molar-refractivity contribution in [1.82, 2.24) is 10.3 Å². The third kappa shape index (κ3) is 5.53. The molecular weight excluding hydrogens is 365 g/mol. The summed E-state index contributed by atoms with van der Waals surface area (Å²) < 4.78 is 12.9. The van der Waals surface area contributed by atoms with Gasteiger partial charge in [-0.1, -0.05) is 41.9 Å². The van der Waals surface area contributed by atoms with Gasteiger partial charge in [0.1, 0.15) is 11.5 Å². The number of carbonyl (C=O) groups excluding carboxylic acids is 1. The van der Waals surface area contributed by atoms with Gasteiger partial charge in [-0.05, 0) is 47.9 Å². The lowest BCUT2D eigenvalue weighted by atomic mass is 10.1. The largest absolute Gasteiger partial charge is 0.385 e. The molecular formula is C21H19ClFN3O. The molecule has 0 radical (unpaired) electrons. The second kappa shape index (κ2) is 9.14. The Bertz CT molecular complexity index is 915. The van der Waals surface area contributed by atoms with Gasteiger partial charge in [0.2, 0.25) is 0 Å². The maximum Gasteiger partial charge on any atom is 0.270 e. The van der Waals surface area contributed by atoms with Crippen molar-refractivity contribution in [3.8, 4) is 0 Å². The summed E-state index contributed by atoms with van der Waals surface area (Å²) >= 11 is 6.10. The molecule has 0 spiro atoms. The number of rotatable bonds is 7. The Kier molecular flexibility index (Phi) is 6.39. The lowest BCUT2D eigenvalue weighted by molar-refractivity contribution is 0.0946. The van der Waals surface area contributed by atoms with E-state index < -0.39 is 0 Å². The van der Waals surface area contributed by atoms with Gasteiger partial charge in [-0.25, -0.2) is 4.39 Å². The van der Waals surface area contributed by atoms with Gasteiger partial charge in [0.15, 0.2) is 0 Å². The maximum absolute atomic E-state index is 12.9. The first kappa shape index (κ1) is 18.9.